The maximum absolute atomic E-state index is 12.4. The summed E-state index contributed by atoms with van der Waals surface area (Å²) in [4.78, 5) is 55.5. The molecule has 0 aliphatic heterocycles. The molecule has 168 valence electrons. The first-order valence-electron chi connectivity index (χ1n) is 10.3. The standard InChI is InChI=1S/C21H24N6O5/c1-24-18-17(19(29)25(2)21(24)31)26(13-22-18)10-5-9-16(28)32-12-6-11-27-15-8-4-3-7-14(15)23-20(27)30/h3-4,7-8,13H,5-6,9-12H2,1-2H3,(H,23,30). The first-order valence-corrected chi connectivity index (χ1v) is 10.3. The van der Waals surface area contributed by atoms with Crippen molar-refractivity contribution in [2.24, 2.45) is 14.1 Å². The molecule has 1 aromatic carbocycles. The highest BCUT2D eigenvalue weighted by molar-refractivity contribution is 5.75. The predicted molar refractivity (Wildman–Crippen MR) is 118 cm³/mol. The lowest BCUT2D eigenvalue weighted by atomic mass is 10.3. The predicted octanol–water partition coefficient (Wildman–Crippen LogP) is 0.490. The molecule has 3 heterocycles. The molecule has 11 heteroatoms. The maximum Gasteiger partial charge on any atom is 0.332 e. The molecule has 0 aliphatic carbocycles. The molecule has 0 amide bonds. The minimum Gasteiger partial charge on any atom is -0.466 e. The van der Waals surface area contributed by atoms with Crippen LogP contribution in [-0.4, -0.2) is 40.8 Å². The monoisotopic (exact) mass is 440 g/mol. The van der Waals surface area contributed by atoms with Gasteiger partial charge in [0.25, 0.3) is 5.56 Å². The lowest BCUT2D eigenvalue weighted by Gasteiger charge is -2.08. The number of aromatic amines is 1. The van der Waals surface area contributed by atoms with Crippen molar-refractivity contribution in [1.82, 2.24) is 28.2 Å². The summed E-state index contributed by atoms with van der Waals surface area (Å²) in [7, 11) is 2.98. The Morgan fingerprint density at radius 2 is 1.84 bits per heavy atom. The second-order valence-corrected chi connectivity index (χ2v) is 7.59. The number of benzene rings is 1. The van der Waals surface area contributed by atoms with Crippen molar-refractivity contribution >= 4 is 28.2 Å². The van der Waals surface area contributed by atoms with E-state index in [0.717, 1.165) is 15.6 Å². The van der Waals surface area contributed by atoms with Gasteiger partial charge >= 0.3 is 17.3 Å². The molecule has 0 aliphatic rings. The molecule has 3 aromatic heterocycles. The van der Waals surface area contributed by atoms with Crippen molar-refractivity contribution in [3.8, 4) is 0 Å². The Hall–Kier alpha value is -3.89. The topological polar surface area (TPSA) is 126 Å². The van der Waals surface area contributed by atoms with Gasteiger partial charge in [0.15, 0.2) is 11.2 Å². The molecule has 1 N–H and O–H groups in total. The number of esters is 1. The zero-order valence-corrected chi connectivity index (χ0v) is 17.9. The highest BCUT2D eigenvalue weighted by atomic mass is 16.5. The van der Waals surface area contributed by atoms with E-state index in [9.17, 15) is 19.2 Å². The third kappa shape index (κ3) is 3.88. The molecule has 0 fully saturated rings. The number of fused-ring (bicyclic) bond motifs is 2. The summed E-state index contributed by atoms with van der Waals surface area (Å²) < 4.78 is 10.9. The smallest absolute Gasteiger partial charge is 0.332 e. The van der Waals surface area contributed by atoms with Crippen LogP contribution in [0.25, 0.3) is 22.2 Å². The molecular formula is C21H24N6O5. The largest absolute Gasteiger partial charge is 0.466 e. The molecule has 32 heavy (non-hydrogen) atoms. The van der Waals surface area contributed by atoms with Crippen LogP contribution < -0.4 is 16.9 Å². The summed E-state index contributed by atoms with van der Waals surface area (Å²) in [5.41, 5.74) is 1.19. The van der Waals surface area contributed by atoms with E-state index >= 15 is 0 Å². The first-order chi connectivity index (χ1) is 15.4. The number of nitrogens with zero attached hydrogens (tertiary/aromatic N) is 5. The lowest BCUT2D eigenvalue weighted by Crippen LogP contribution is -2.37. The zero-order chi connectivity index (χ0) is 22.8. The van der Waals surface area contributed by atoms with E-state index in [4.69, 9.17) is 4.74 Å². The minimum atomic E-state index is -0.439. The third-order valence-electron chi connectivity index (χ3n) is 5.47. The van der Waals surface area contributed by atoms with E-state index in [1.165, 1.54) is 17.9 Å². The number of hydrogen-bond acceptors (Lipinski definition) is 6. The summed E-state index contributed by atoms with van der Waals surface area (Å²) in [6.07, 6.45) is 2.65. The molecule has 0 unspecified atom stereocenters. The van der Waals surface area contributed by atoms with Gasteiger partial charge in [-0.25, -0.2) is 14.6 Å². The molecule has 0 bridgehead atoms. The number of aryl methyl sites for hydroxylation is 3. The van der Waals surface area contributed by atoms with Crippen LogP contribution in [0.2, 0.25) is 0 Å². The Morgan fingerprint density at radius 3 is 2.66 bits per heavy atom. The number of carbonyl (C=O) groups excluding carboxylic acids is 1. The molecule has 4 rings (SSSR count). The van der Waals surface area contributed by atoms with Crippen LogP contribution in [0.4, 0.5) is 0 Å². The Bertz CT molecular complexity index is 1470. The van der Waals surface area contributed by atoms with Crippen molar-refractivity contribution in [3.05, 3.63) is 61.9 Å². The summed E-state index contributed by atoms with van der Waals surface area (Å²) in [5, 5.41) is 0. The fraction of sp³-hybridized carbons (Fsp3) is 0.381. The Kier molecular flexibility index (Phi) is 5.80. The number of rotatable bonds is 8. The van der Waals surface area contributed by atoms with Gasteiger partial charge < -0.3 is 14.3 Å². The van der Waals surface area contributed by atoms with Gasteiger partial charge in [0, 0.05) is 33.6 Å². The van der Waals surface area contributed by atoms with E-state index in [2.05, 4.69) is 9.97 Å². The van der Waals surface area contributed by atoms with Crippen molar-refractivity contribution in [3.63, 3.8) is 0 Å². The van der Waals surface area contributed by atoms with Gasteiger partial charge in [-0.1, -0.05) is 12.1 Å². The van der Waals surface area contributed by atoms with Gasteiger partial charge in [0.1, 0.15) is 0 Å². The van der Waals surface area contributed by atoms with Crippen LogP contribution >= 0.6 is 0 Å². The van der Waals surface area contributed by atoms with E-state index in [-0.39, 0.29) is 24.7 Å². The summed E-state index contributed by atoms with van der Waals surface area (Å²) >= 11 is 0. The van der Waals surface area contributed by atoms with Crippen LogP contribution in [0.15, 0.2) is 45.0 Å². The van der Waals surface area contributed by atoms with Gasteiger partial charge in [-0.2, -0.15) is 0 Å². The zero-order valence-electron chi connectivity index (χ0n) is 17.9. The third-order valence-corrected chi connectivity index (χ3v) is 5.47. The summed E-state index contributed by atoms with van der Waals surface area (Å²) in [6.45, 7) is 1.05. The quantitative estimate of drug-likeness (QED) is 0.314. The van der Waals surface area contributed by atoms with E-state index in [0.29, 0.717) is 37.1 Å². The molecule has 0 atom stereocenters. The van der Waals surface area contributed by atoms with Gasteiger partial charge in [0.2, 0.25) is 0 Å². The molecule has 0 saturated carbocycles. The number of aromatic nitrogens is 6. The molecule has 0 radical (unpaired) electrons. The lowest BCUT2D eigenvalue weighted by molar-refractivity contribution is -0.143. The van der Waals surface area contributed by atoms with Gasteiger partial charge in [-0.05, 0) is 25.0 Å². The maximum atomic E-state index is 12.4. The number of H-pyrrole nitrogens is 1. The minimum absolute atomic E-state index is 0.179. The Balaban J connectivity index is 1.28. The molecule has 11 nitrogen and oxygen atoms in total. The van der Waals surface area contributed by atoms with Crippen LogP contribution in [0, 0.1) is 0 Å². The Morgan fingerprint density at radius 1 is 1.06 bits per heavy atom. The highest BCUT2D eigenvalue weighted by Gasteiger charge is 2.14. The van der Waals surface area contributed by atoms with Gasteiger partial charge in [0.05, 0.1) is 24.0 Å². The number of nitrogens with one attached hydrogen (secondary N) is 1. The van der Waals surface area contributed by atoms with Gasteiger partial charge in [-0.15, -0.1) is 0 Å². The molecular weight excluding hydrogens is 416 g/mol. The molecule has 0 saturated heterocycles. The van der Waals surface area contributed by atoms with Crippen molar-refractivity contribution in [2.75, 3.05) is 6.61 Å². The van der Waals surface area contributed by atoms with Crippen molar-refractivity contribution in [2.45, 2.75) is 32.4 Å². The number of ether oxygens (including phenoxy) is 1. The summed E-state index contributed by atoms with van der Waals surface area (Å²) in [5.74, 6) is -0.346. The fourth-order valence-corrected chi connectivity index (χ4v) is 3.77. The van der Waals surface area contributed by atoms with Crippen molar-refractivity contribution in [1.29, 1.82) is 0 Å². The van der Waals surface area contributed by atoms with Crippen LogP contribution in [-0.2, 0) is 36.7 Å². The average Bonchev–Trinajstić information content (AvgIpc) is 3.34. The normalized spacial score (nSPS) is 11.4. The number of carbonyl (C=O) groups is 1. The number of hydrogen-bond donors (Lipinski definition) is 1. The van der Waals surface area contributed by atoms with E-state index in [1.807, 2.05) is 24.3 Å². The van der Waals surface area contributed by atoms with Gasteiger partial charge in [-0.3, -0.25) is 23.3 Å². The second kappa shape index (κ2) is 8.69. The highest BCUT2D eigenvalue weighted by Crippen LogP contribution is 2.10. The van der Waals surface area contributed by atoms with E-state index < -0.39 is 11.2 Å². The van der Waals surface area contributed by atoms with Crippen molar-refractivity contribution < 1.29 is 9.53 Å². The van der Waals surface area contributed by atoms with E-state index in [1.54, 1.807) is 16.2 Å². The van der Waals surface area contributed by atoms with Crippen LogP contribution in [0.5, 0.6) is 0 Å². The number of para-hydroxylation sites is 2. The molecule has 4 aromatic rings. The Labute approximate surface area is 181 Å². The first kappa shape index (κ1) is 21.3. The van der Waals surface area contributed by atoms with Crippen LogP contribution in [0.1, 0.15) is 19.3 Å². The average molecular weight is 440 g/mol. The second-order valence-electron chi connectivity index (χ2n) is 7.59. The summed E-state index contributed by atoms with van der Waals surface area (Å²) in [6, 6.07) is 7.43. The van der Waals surface area contributed by atoms with Crippen LogP contribution in [0.3, 0.4) is 0 Å². The SMILES string of the molecule is Cn1c(=O)c2c(ncn2CCCC(=O)OCCCn2c(=O)[nH]c3ccccc32)n(C)c1=O. The number of imidazole rings is 2. The molecule has 0 spiro atoms. The fourth-order valence-electron chi connectivity index (χ4n) is 3.77.